The zero-order valence-electron chi connectivity index (χ0n) is 22.1. The number of unbranched alkanes of at least 4 members (excludes halogenated alkanes) is 19. The van der Waals surface area contributed by atoms with E-state index >= 15 is 0 Å². The summed E-state index contributed by atoms with van der Waals surface area (Å²) in [5.41, 5.74) is 0. The van der Waals surface area contributed by atoms with Crippen molar-refractivity contribution in [3.05, 3.63) is 0 Å². The second-order valence-corrected chi connectivity index (χ2v) is 10.6. The first-order valence-corrected chi connectivity index (χ1v) is 14.0. The summed E-state index contributed by atoms with van der Waals surface area (Å²) in [5, 5.41) is 10.4. The molecule has 0 aromatic rings. The molecular weight excluding hydrogens is 462 g/mol. The van der Waals surface area contributed by atoms with Crippen molar-refractivity contribution in [3.63, 3.8) is 0 Å². The first kappa shape index (κ1) is 34.1. The SMILES string of the molecule is Br.CCCCCCCCCCCCCCCCCCCC[N+](C)(C)CCCCCC(=O)[O-]. The van der Waals surface area contributed by atoms with E-state index in [1.54, 1.807) is 0 Å². The molecule has 0 saturated heterocycles. The van der Waals surface area contributed by atoms with Crippen LogP contribution in [0.3, 0.4) is 0 Å². The fourth-order valence-corrected chi connectivity index (χ4v) is 4.54. The van der Waals surface area contributed by atoms with Crippen LogP contribution in [0.4, 0.5) is 0 Å². The van der Waals surface area contributed by atoms with Gasteiger partial charge in [0.15, 0.2) is 0 Å². The van der Waals surface area contributed by atoms with Gasteiger partial charge < -0.3 is 14.4 Å². The molecule has 0 amide bonds. The molecule has 0 aliphatic carbocycles. The standard InChI is InChI=1S/C28H57NO2.BrH/c1-4-5-6-7-8-9-10-11-12-13-14-15-16-17-18-19-20-23-26-29(2,3)27-24-21-22-25-28(30)31;/h4-27H2,1-3H3;1H. The van der Waals surface area contributed by atoms with Crippen LogP contribution in [0.15, 0.2) is 0 Å². The Morgan fingerprint density at radius 2 is 0.812 bits per heavy atom. The van der Waals surface area contributed by atoms with Crippen LogP contribution in [0.2, 0.25) is 0 Å². The van der Waals surface area contributed by atoms with Gasteiger partial charge in [0.25, 0.3) is 0 Å². The van der Waals surface area contributed by atoms with Crippen molar-refractivity contribution >= 4 is 23.0 Å². The van der Waals surface area contributed by atoms with Crippen LogP contribution in [-0.4, -0.2) is 37.6 Å². The molecule has 0 atom stereocenters. The van der Waals surface area contributed by atoms with Crippen molar-refractivity contribution in [3.8, 4) is 0 Å². The third kappa shape index (κ3) is 27.9. The highest BCUT2D eigenvalue weighted by Gasteiger charge is 2.13. The number of nitrogens with zero attached hydrogens (tertiary/aromatic N) is 1. The summed E-state index contributed by atoms with van der Waals surface area (Å²) in [7, 11) is 4.62. The Kier molecular flexibility index (Phi) is 27.2. The Hall–Kier alpha value is -0.0900. The van der Waals surface area contributed by atoms with Gasteiger partial charge in [0.2, 0.25) is 0 Å². The molecule has 0 aliphatic heterocycles. The first-order chi connectivity index (χ1) is 15.0. The Morgan fingerprint density at radius 1 is 0.531 bits per heavy atom. The molecule has 0 fully saturated rings. The monoisotopic (exact) mass is 519 g/mol. The molecule has 0 radical (unpaired) electrons. The van der Waals surface area contributed by atoms with Crippen LogP contribution in [-0.2, 0) is 4.79 Å². The highest BCUT2D eigenvalue weighted by molar-refractivity contribution is 8.93. The fraction of sp³-hybridized carbons (Fsp3) is 0.964. The van der Waals surface area contributed by atoms with Gasteiger partial charge in [-0.2, -0.15) is 0 Å². The molecule has 194 valence electrons. The number of rotatable bonds is 25. The summed E-state index contributed by atoms with van der Waals surface area (Å²) in [5.74, 6) is -0.910. The van der Waals surface area contributed by atoms with E-state index in [2.05, 4.69) is 21.0 Å². The minimum atomic E-state index is -0.910. The third-order valence-corrected chi connectivity index (χ3v) is 6.76. The molecule has 32 heavy (non-hydrogen) atoms. The summed E-state index contributed by atoms with van der Waals surface area (Å²) in [6.45, 7) is 4.70. The zero-order valence-corrected chi connectivity index (χ0v) is 23.9. The predicted octanol–water partition coefficient (Wildman–Crippen LogP) is 7.99. The van der Waals surface area contributed by atoms with Crippen molar-refractivity contribution in [2.24, 2.45) is 0 Å². The lowest BCUT2D eigenvalue weighted by molar-refractivity contribution is -0.890. The van der Waals surface area contributed by atoms with Gasteiger partial charge in [0.05, 0.1) is 27.2 Å². The lowest BCUT2D eigenvalue weighted by Gasteiger charge is -2.30. The topological polar surface area (TPSA) is 40.1 Å². The second kappa shape index (κ2) is 25.5. The lowest BCUT2D eigenvalue weighted by Crippen LogP contribution is -2.41. The number of hydrogen-bond acceptors (Lipinski definition) is 2. The van der Waals surface area contributed by atoms with Crippen molar-refractivity contribution in [2.75, 3.05) is 27.2 Å². The van der Waals surface area contributed by atoms with Gasteiger partial charge in [-0.1, -0.05) is 110 Å². The summed E-state index contributed by atoms with van der Waals surface area (Å²) in [6, 6.07) is 0. The van der Waals surface area contributed by atoms with Crippen LogP contribution in [0.25, 0.3) is 0 Å². The van der Waals surface area contributed by atoms with E-state index in [4.69, 9.17) is 0 Å². The lowest BCUT2D eigenvalue weighted by atomic mass is 10.0. The maximum Gasteiger partial charge on any atom is 0.0782 e. The Morgan fingerprint density at radius 3 is 1.12 bits per heavy atom. The van der Waals surface area contributed by atoms with Crippen molar-refractivity contribution in [1.82, 2.24) is 0 Å². The molecular formula is C28H58BrNO2. The molecule has 3 nitrogen and oxygen atoms in total. The van der Waals surface area contributed by atoms with E-state index in [0.29, 0.717) is 0 Å². The smallest absolute Gasteiger partial charge is 0.0782 e. The first-order valence-electron chi connectivity index (χ1n) is 14.0. The molecule has 0 aliphatic rings. The molecule has 4 heteroatoms. The largest absolute Gasteiger partial charge is 0.550 e. The number of hydrogen-bond donors (Lipinski definition) is 0. The summed E-state index contributed by atoms with van der Waals surface area (Å²) in [6.07, 6.45) is 28.8. The number of carboxylic acids is 1. The average molecular weight is 521 g/mol. The highest BCUT2D eigenvalue weighted by atomic mass is 79.9. The van der Waals surface area contributed by atoms with Crippen LogP contribution < -0.4 is 5.11 Å². The highest BCUT2D eigenvalue weighted by Crippen LogP contribution is 2.15. The Balaban J connectivity index is 0. The summed E-state index contributed by atoms with van der Waals surface area (Å²) < 4.78 is 1.07. The van der Waals surface area contributed by atoms with Gasteiger partial charge in [-0.3, -0.25) is 0 Å². The number of carbonyl (C=O) groups is 1. The number of carbonyl (C=O) groups excluding carboxylic acids is 1. The molecule has 0 spiro atoms. The van der Waals surface area contributed by atoms with Gasteiger partial charge in [-0.05, 0) is 38.5 Å². The Bertz CT molecular complexity index is 388. The van der Waals surface area contributed by atoms with Crippen molar-refractivity contribution in [2.45, 2.75) is 148 Å². The average Bonchev–Trinajstić information content (AvgIpc) is 2.72. The summed E-state index contributed by atoms with van der Waals surface area (Å²) in [4.78, 5) is 10.4. The zero-order chi connectivity index (χ0) is 23.0. The Labute approximate surface area is 212 Å². The van der Waals surface area contributed by atoms with E-state index in [-0.39, 0.29) is 23.4 Å². The van der Waals surface area contributed by atoms with E-state index < -0.39 is 5.97 Å². The minimum Gasteiger partial charge on any atom is -0.550 e. The quantitative estimate of drug-likeness (QED) is 0.0904. The van der Waals surface area contributed by atoms with Gasteiger partial charge in [-0.15, -0.1) is 17.0 Å². The molecule has 0 rings (SSSR count). The van der Waals surface area contributed by atoms with E-state index in [1.165, 1.54) is 122 Å². The molecule has 0 bridgehead atoms. The maximum atomic E-state index is 10.4. The molecule has 0 heterocycles. The second-order valence-electron chi connectivity index (χ2n) is 10.6. The molecule has 0 saturated carbocycles. The van der Waals surface area contributed by atoms with Gasteiger partial charge in [0.1, 0.15) is 0 Å². The molecule has 0 N–H and O–H groups in total. The van der Waals surface area contributed by atoms with Gasteiger partial charge >= 0.3 is 0 Å². The van der Waals surface area contributed by atoms with Crippen LogP contribution in [0, 0.1) is 0 Å². The van der Waals surface area contributed by atoms with Crippen molar-refractivity contribution in [1.29, 1.82) is 0 Å². The number of aliphatic carboxylic acids is 1. The minimum absolute atomic E-state index is 0. The number of carboxylic acid groups (broad SMARTS) is 1. The van der Waals surface area contributed by atoms with E-state index in [0.717, 1.165) is 30.3 Å². The number of quaternary nitrogens is 1. The van der Waals surface area contributed by atoms with Gasteiger partial charge in [-0.25, -0.2) is 0 Å². The van der Waals surface area contributed by atoms with Gasteiger partial charge in [0, 0.05) is 5.97 Å². The molecule has 0 unspecified atom stereocenters. The molecule has 0 aromatic carbocycles. The summed E-state index contributed by atoms with van der Waals surface area (Å²) >= 11 is 0. The van der Waals surface area contributed by atoms with E-state index in [1.807, 2.05) is 0 Å². The maximum absolute atomic E-state index is 10.4. The van der Waals surface area contributed by atoms with Crippen LogP contribution >= 0.6 is 17.0 Å². The normalized spacial score (nSPS) is 11.5. The fourth-order valence-electron chi connectivity index (χ4n) is 4.54. The van der Waals surface area contributed by atoms with Crippen molar-refractivity contribution < 1.29 is 14.4 Å². The third-order valence-electron chi connectivity index (χ3n) is 6.76. The van der Waals surface area contributed by atoms with E-state index in [9.17, 15) is 9.90 Å². The van der Waals surface area contributed by atoms with Crippen LogP contribution in [0.5, 0.6) is 0 Å². The predicted molar refractivity (Wildman–Crippen MR) is 144 cm³/mol. The number of halogens is 1. The van der Waals surface area contributed by atoms with Crippen LogP contribution in [0.1, 0.15) is 148 Å². The molecule has 0 aromatic heterocycles.